The van der Waals surface area contributed by atoms with Crippen molar-refractivity contribution in [3.8, 4) is 0 Å². The molecule has 104 valence electrons. The highest BCUT2D eigenvalue weighted by Crippen LogP contribution is 2.33. The van der Waals surface area contributed by atoms with Crippen molar-refractivity contribution in [2.45, 2.75) is 0 Å². The molecular weight excluding hydrogens is 268 g/mol. The Morgan fingerprint density at radius 2 is 1.76 bits per heavy atom. The molecule has 0 saturated heterocycles. The average Bonchev–Trinajstić information content (AvgIpc) is 2.49. The van der Waals surface area contributed by atoms with E-state index in [1.54, 1.807) is 6.34 Å². The van der Waals surface area contributed by atoms with Crippen LogP contribution >= 0.6 is 0 Å². The number of aromatic nitrogens is 2. The van der Waals surface area contributed by atoms with E-state index >= 15 is 0 Å². The number of nitrogens with one attached hydrogen (secondary N) is 3. The van der Waals surface area contributed by atoms with E-state index in [1.807, 2.05) is 23.2 Å². The zero-order valence-electron chi connectivity index (χ0n) is 11.0. The van der Waals surface area contributed by atoms with Gasteiger partial charge in [0, 0.05) is 23.3 Å². The molecule has 0 unspecified atom stereocenters. The molecule has 0 atom stereocenters. The predicted molar refractivity (Wildman–Crippen MR) is 83.4 cm³/mol. The normalized spacial score (nSPS) is 11.4. The molecule has 0 amide bonds. The second-order valence-electron chi connectivity index (χ2n) is 4.38. The van der Waals surface area contributed by atoms with Crippen LogP contribution in [0.2, 0.25) is 0 Å². The number of H-pyrrole nitrogens is 2. The van der Waals surface area contributed by atoms with Crippen LogP contribution in [-0.4, -0.2) is 16.3 Å². The van der Waals surface area contributed by atoms with Crippen LogP contribution in [0.15, 0.2) is 63.2 Å². The molecule has 1 aliphatic heterocycles. The Kier molecular flexibility index (Phi) is 3.34. The molecule has 2 aromatic carbocycles. The number of aliphatic imine (C=N–C) groups is 1. The molecule has 2 heterocycles. The lowest BCUT2D eigenvalue weighted by Crippen LogP contribution is -2.19. The summed E-state index contributed by atoms with van der Waals surface area (Å²) in [5.41, 5.74) is 1.33. The van der Waals surface area contributed by atoms with Gasteiger partial charge in [-0.3, -0.25) is 9.78 Å². The van der Waals surface area contributed by atoms with Gasteiger partial charge in [-0.25, -0.2) is 9.79 Å². The third-order valence-corrected chi connectivity index (χ3v) is 2.99. The standard InChI is InChI=1S/C11H8N2.C4H4N2O2/c1-3-8-4-2-6-10-11(8)9(5-1)12-7-13-10;7-3-1-2-5-4(8)6-3/h1-7H,(H,12,13);1-2H,(H2,5,6,7,8). The fourth-order valence-electron chi connectivity index (χ4n) is 2.10. The summed E-state index contributed by atoms with van der Waals surface area (Å²) >= 11 is 0. The van der Waals surface area contributed by atoms with E-state index in [1.165, 1.54) is 23.0 Å². The van der Waals surface area contributed by atoms with Crippen molar-refractivity contribution in [1.29, 1.82) is 0 Å². The molecule has 21 heavy (non-hydrogen) atoms. The Bertz CT molecular complexity index is 894. The summed E-state index contributed by atoms with van der Waals surface area (Å²) < 4.78 is 0. The van der Waals surface area contributed by atoms with E-state index in [9.17, 15) is 9.59 Å². The van der Waals surface area contributed by atoms with Crippen LogP contribution in [0.4, 0.5) is 11.4 Å². The first-order valence-electron chi connectivity index (χ1n) is 6.33. The second-order valence-corrected chi connectivity index (χ2v) is 4.38. The molecule has 0 aliphatic carbocycles. The highest BCUT2D eigenvalue weighted by atomic mass is 16.2. The maximum atomic E-state index is 10.2. The van der Waals surface area contributed by atoms with E-state index < -0.39 is 5.69 Å². The maximum Gasteiger partial charge on any atom is 0.325 e. The Morgan fingerprint density at radius 3 is 2.48 bits per heavy atom. The van der Waals surface area contributed by atoms with Crippen LogP contribution in [0.3, 0.4) is 0 Å². The highest BCUT2D eigenvalue weighted by molar-refractivity contribution is 6.08. The molecule has 3 N–H and O–H groups in total. The van der Waals surface area contributed by atoms with Crippen molar-refractivity contribution in [2.24, 2.45) is 4.99 Å². The molecule has 1 aromatic heterocycles. The summed E-state index contributed by atoms with van der Waals surface area (Å²) in [7, 11) is 0. The lowest BCUT2D eigenvalue weighted by Gasteiger charge is -2.12. The molecular formula is C15H12N4O2. The fraction of sp³-hybridized carbons (Fsp3) is 0. The zero-order valence-corrected chi connectivity index (χ0v) is 11.0. The van der Waals surface area contributed by atoms with Crippen LogP contribution in [0.5, 0.6) is 0 Å². The minimum atomic E-state index is -0.475. The van der Waals surface area contributed by atoms with E-state index in [2.05, 4.69) is 33.5 Å². The molecule has 0 bridgehead atoms. The van der Waals surface area contributed by atoms with E-state index in [0.717, 1.165) is 11.4 Å². The topological polar surface area (TPSA) is 90.1 Å². The maximum absolute atomic E-state index is 10.2. The monoisotopic (exact) mass is 280 g/mol. The molecule has 0 saturated carbocycles. The van der Waals surface area contributed by atoms with E-state index in [-0.39, 0.29) is 5.56 Å². The fourth-order valence-corrected chi connectivity index (χ4v) is 2.10. The number of aromatic amines is 2. The van der Waals surface area contributed by atoms with Crippen molar-refractivity contribution < 1.29 is 0 Å². The Morgan fingerprint density at radius 1 is 0.952 bits per heavy atom. The highest BCUT2D eigenvalue weighted by Gasteiger charge is 2.06. The zero-order chi connectivity index (χ0) is 14.7. The molecule has 4 rings (SSSR count). The van der Waals surface area contributed by atoms with Gasteiger partial charge in [0.1, 0.15) is 0 Å². The number of anilines is 1. The summed E-state index contributed by atoms with van der Waals surface area (Å²) in [6.07, 6.45) is 3.03. The molecule has 6 nitrogen and oxygen atoms in total. The number of benzene rings is 2. The number of hydrogen-bond acceptors (Lipinski definition) is 4. The quantitative estimate of drug-likeness (QED) is 0.588. The van der Waals surface area contributed by atoms with E-state index in [0.29, 0.717) is 0 Å². The largest absolute Gasteiger partial charge is 0.346 e. The molecule has 6 heteroatoms. The number of hydrogen-bond donors (Lipinski definition) is 3. The third-order valence-electron chi connectivity index (χ3n) is 2.99. The molecule has 3 aromatic rings. The summed E-state index contributed by atoms with van der Waals surface area (Å²) in [5.74, 6) is 0. The van der Waals surface area contributed by atoms with Crippen LogP contribution in [0, 0.1) is 0 Å². The second kappa shape index (κ2) is 5.46. The Balaban J connectivity index is 0.000000143. The van der Waals surface area contributed by atoms with Gasteiger partial charge in [-0.1, -0.05) is 24.3 Å². The van der Waals surface area contributed by atoms with Crippen molar-refractivity contribution in [2.75, 3.05) is 5.32 Å². The molecule has 1 aliphatic rings. The van der Waals surface area contributed by atoms with Crippen LogP contribution in [0.1, 0.15) is 0 Å². The van der Waals surface area contributed by atoms with Gasteiger partial charge in [-0.05, 0) is 17.5 Å². The van der Waals surface area contributed by atoms with Gasteiger partial charge < -0.3 is 10.3 Å². The van der Waals surface area contributed by atoms with Gasteiger partial charge in [-0.15, -0.1) is 0 Å². The molecule has 0 fully saturated rings. The smallest absolute Gasteiger partial charge is 0.325 e. The number of rotatable bonds is 0. The van der Waals surface area contributed by atoms with Crippen molar-refractivity contribution >= 4 is 28.5 Å². The summed E-state index contributed by atoms with van der Waals surface area (Å²) in [6, 6.07) is 13.6. The lowest BCUT2D eigenvalue weighted by molar-refractivity contribution is 1.04. The minimum Gasteiger partial charge on any atom is -0.346 e. The van der Waals surface area contributed by atoms with Crippen molar-refractivity contribution in [3.05, 3.63) is 69.5 Å². The SMILES string of the molecule is C1=Nc2cccc3cccc(c23)N1.O=c1cc[nH]c(=O)[nH]1. The predicted octanol–water partition coefficient (Wildman–Crippen LogP) is 1.99. The van der Waals surface area contributed by atoms with Gasteiger partial charge in [-0.2, -0.15) is 0 Å². The van der Waals surface area contributed by atoms with Crippen LogP contribution in [0.25, 0.3) is 10.8 Å². The van der Waals surface area contributed by atoms with Crippen LogP contribution in [-0.2, 0) is 0 Å². The van der Waals surface area contributed by atoms with Crippen molar-refractivity contribution in [3.63, 3.8) is 0 Å². The third kappa shape index (κ3) is 2.74. The summed E-state index contributed by atoms with van der Waals surface area (Å²) in [4.78, 5) is 28.9. The van der Waals surface area contributed by atoms with Gasteiger partial charge in [0.25, 0.3) is 5.56 Å². The average molecular weight is 280 g/mol. The van der Waals surface area contributed by atoms with E-state index in [4.69, 9.17) is 0 Å². The summed E-state index contributed by atoms with van der Waals surface area (Å²) in [5, 5.41) is 5.59. The first kappa shape index (κ1) is 12.9. The first-order valence-corrected chi connectivity index (χ1v) is 6.33. The summed E-state index contributed by atoms with van der Waals surface area (Å²) in [6.45, 7) is 0. The van der Waals surface area contributed by atoms with Gasteiger partial charge >= 0.3 is 5.69 Å². The first-order chi connectivity index (χ1) is 10.2. The molecule has 0 spiro atoms. The number of nitrogens with zero attached hydrogens (tertiary/aromatic N) is 1. The lowest BCUT2D eigenvalue weighted by atomic mass is 10.1. The van der Waals surface area contributed by atoms with Gasteiger partial charge in [0.2, 0.25) is 0 Å². The van der Waals surface area contributed by atoms with Gasteiger partial charge in [0.15, 0.2) is 0 Å². The van der Waals surface area contributed by atoms with Crippen molar-refractivity contribution in [1.82, 2.24) is 9.97 Å². The Labute approximate surface area is 119 Å². The van der Waals surface area contributed by atoms with Crippen LogP contribution < -0.4 is 16.6 Å². The van der Waals surface area contributed by atoms with Gasteiger partial charge in [0.05, 0.1) is 12.0 Å². The Hall–Kier alpha value is -3.15. The minimum absolute atomic E-state index is 0.381. The molecule has 0 radical (unpaired) electrons.